The molecule has 0 bridgehead atoms. The lowest BCUT2D eigenvalue weighted by Crippen LogP contribution is -2.44. The molecule has 7 heteroatoms. The number of anilines is 1. The number of rotatable bonds is 5. The third kappa shape index (κ3) is 5.67. The number of hydrogen-bond donors (Lipinski definition) is 3. The van der Waals surface area contributed by atoms with Gasteiger partial charge in [-0.15, -0.1) is 0 Å². The third-order valence-corrected chi connectivity index (χ3v) is 3.41. The summed E-state index contributed by atoms with van der Waals surface area (Å²) in [5.74, 6) is -0.0888. The van der Waals surface area contributed by atoms with Crippen LogP contribution in [0.1, 0.15) is 6.92 Å². The molecule has 1 aromatic rings. The highest BCUT2D eigenvalue weighted by molar-refractivity contribution is 7.98. The molecule has 19 heavy (non-hydrogen) atoms. The summed E-state index contributed by atoms with van der Waals surface area (Å²) < 4.78 is 13.4. The van der Waals surface area contributed by atoms with Gasteiger partial charge in [0, 0.05) is 17.3 Å². The molecule has 3 N–H and O–H groups in total. The maximum atomic E-state index is 13.4. The molecule has 0 aliphatic rings. The van der Waals surface area contributed by atoms with E-state index in [0.717, 1.165) is 0 Å². The van der Waals surface area contributed by atoms with Crippen LogP contribution < -0.4 is 10.6 Å². The Kier molecular flexibility index (Phi) is 5.90. The van der Waals surface area contributed by atoms with E-state index in [9.17, 15) is 14.3 Å². The van der Waals surface area contributed by atoms with Crippen LogP contribution in [0.3, 0.4) is 0 Å². The third-order valence-electron chi connectivity index (χ3n) is 2.26. The molecule has 106 valence electrons. The minimum atomic E-state index is -1.01. The molecule has 0 aliphatic carbocycles. The van der Waals surface area contributed by atoms with Gasteiger partial charge in [-0.05, 0) is 31.4 Å². The van der Waals surface area contributed by atoms with Gasteiger partial charge in [0.15, 0.2) is 0 Å². The molecule has 0 saturated heterocycles. The van der Waals surface area contributed by atoms with Crippen molar-refractivity contribution in [3.8, 4) is 0 Å². The molecule has 0 fully saturated rings. The fraction of sp³-hybridized carbons (Fsp3) is 0.417. The van der Waals surface area contributed by atoms with Crippen molar-refractivity contribution >= 4 is 35.1 Å². The zero-order valence-electron chi connectivity index (χ0n) is 10.7. The number of aliphatic hydroxyl groups is 1. The van der Waals surface area contributed by atoms with E-state index in [1.54, 1.807) is 6.92 Å². The van der Waals surface area contributed by atoms with Crippen molar-refractivity contribution in [2.45, 2.75) is 12.5 Å². The Morgan fingerprint density at radius 3 is 2.89 bits per heavy atom. The Labute approximate surface area is 120 Å². The van der Waals surface area contributed by atoms with Crippen molar-refractivity contribution in [2.75, 3.05) is 23.9 Å². The lowest BCUT2D eigenvalue weighted by Gasteiger charge is -2.22. The summed E-state index contributed by atoms with van der Waals surface area (Å²) in [6, 6.07) is 3.28. The number of carbonyl (C=O) groups is 1. The van der Waals surface area contributed by atoms with E-state index in [1.165, 1.54) is 30.0 Å². The molecular formula is C12H16ClFN2O2S. The van der Waals surface area contributed by atoms with Crippen molar-refractivity contribution < 1.29 is 14.3 Å². The normalized spacial score (nSPS) is 13.7. The lowest BCUT2D eigenvalue weighted by atomic mass is 10.1. The average Bonchev–Trinajstić information content (AvgIpc) is 2.31. The van der Waals surface area contributed by atoms with Crippen LogP contribution in [0.15, 0.2) is 18.2 Å². The van der Waals surface area contributed by atoms with Crippen molar-refractivity contribution in [3.63, 3.8) is 0 Å². The van der Waals surface area contributed by atoms with Crippen LogP contribution in [0.5, 0.6) is 0 Å². The van der Waals surface area contributed by atoms with E-state index in [-0.39, 0.29) is 12.2 Å². The van der Waals surface area contributed by atoms with Gasteiger partial charge < -0.3 is 15.7 Å². The van der Waals surface area contributed by atoms with Crippen LogP contribution >= 0.6 is 23.4 Å². The number of thioether (sulfide) groups is 1. The fourth-order valence-corrected chi connectivity index (χ4v) is 2.29. The SMILES string of the molecule is CSCC(C)(O)CNC(=O)Nc1cc(Cl)ccc1F. The largest absolute Gasteiger partial charge is 0.387 e. The lowest BCUT2D eigenvalue weighted by molar-refractivity contribution is 0.0876. The summed E-state index contributed by atoms with van der Waals surface area (Å²) in [5, 5.41) is 15.0. The molecule has 1 atom stereocenters. The van der Waals surface area contributed by atoms with Gasteiger partial charge in [-0.3, -0.25) is 0 Å². The molecule has 0 heterocycles. The minimum Gasteiger partial charge on any atom is -0.387 e. The van der Waals surface area contributed by atoms with Crippen LogP contribution in [0.2, 0.25) is 5.02 Å². The number of halogens is 2. The van der Waals surface area contributed by atoms with Crippen LogP contribution in [0.4, 0.5) is 14.9 Å². The van der Waals surface area contributed by atoms with E-state index >= 15 is 0 Å². The fourth-order valence-electron chi connectivity index (χ4n) is 1.39. The number of nitrogens with one attached hydrogen (secondary N) is 2. The monoisotopic (exact) mass is 306 g/mol. The summed E-state index contributed by atoms with van der Waals surface area (Å²) in [4.78, 5) is 11.6. The molecule has 4 nitrogen and oxygen atoms in total. The standard InChI is InChI=1S/C12H16ClFN2O2S/c1-12(18,7-19-2)6-15-11(17)16-10-5-8(13)3-4-9(10)14/h3-5,18H,6-7H2,1-2H3,(H2,15,16,17). The zero-order chi connectivity index (χ0) is 14.5. The van der Waals surface area contributed by atoms with Gasteiger partial charge in [0.2, 0.25) is 0 Å². The average molecular weight is 307 g/mol. The first kappa shape index (κ1) is 16.1. The van der Waals surface area contributed by atoms with Crippen molar-refractivity contribution in [1.29, 1.82) is 0 Å². The molecule has 1 aromatic carbocycles. The summed E-state index contributed by atoms with van der Waals surface area (Å²) >= 11 is 7.18. The van der Waals surface area contributed by atoms with Gasteiger partial charge >= 0.3 is 6.03 Å². The van der Waals surface area contributed by atoms with E-state index in [1.807, 2.05) is 6.26 Å². The van der Waals surface area contributed by atoms with Gasteiger partial charge in [0.1, 0.15) is 5.82 Å². The Bertz CT molecular complexity index is 457. The Hall–Kier alpha value is -0.980. The van der Waals surface area contributed by atoms with Crippen molar-refractivity contribution in [3.05, 3.63) is 29.0 Å². The highest BCUT2D eigenvalue weighted by Gasteiger charge is 2.20. The van der Waals surface area contributed by atoms with Gasteiger partial charge in [0.05, 0.1) is 11.3 Å². The summed E-state index contributed by atoms with van der Waals surface area (Å²) in [6.07, 6.45) is 1.86. The van der Waals surface area contributed by atoms with Gasteiger partial charge in [-0.25, -0.2) is 9.18 Å². The highest BCUT2D eigenvalue weighted by atomic mass is 35.5. The number of amides is 2. The molecular weight excluding hydrogens is 291 g/mol. The Balaban J connectivity index is 2.54. The quantitative estimate of drug-likeness (QED) is 0.784. The second-order valence-corrected chi connectivity index (χ2v) is 5.66. The van der Waals surface area contributed by atoms with Crippen LogP contribution in [0.25, 0.3) is 0 Å². The van der Waals surface area contributed by atoms with Gasteiger partial charge in [-0.2, -0.15) is 11.8 Å². The number of carbonyl (C=O) groups excluding carboxylic acids is 1. The highest BCUT2D eigenvalue weighted by Crippen LogP contribution is 2.19. The molecule has 0 saturated carbocycles. The predicted octanol–water partition coefficient (Wildman–Crippen LogP) is 2.71. The van der Waals surface area contributed by atoms with Crippen LogP contribution in [-0.4, -0.2) is 35.3 Å². The second kappa shape index (κ2) is 6.98. The molecule has 0 radical (unpaired) electrons. The first-order chi connectivity index (χ1) is 8.84. The van der Waals surface area contributed by atoms with E-state index in [0.29, 0.717) is 10.8 Å². The van der Waals surface area contributed by atoms with Crippen LogP contribution in [0, 0.1) is 5.82 Å². The van der Waals surface area contributed by atoms with E-state index in [4.69, 9.17) is 11.6 Å². The molecule has 2 amide bonds. The second-order valence-electron chi connectivity index (χ2n) is 4.36. The zero-order valence-corrected chi connectivity index (χ0v) is 12.2. The Morgan fingerprint density at radius 2 is 2.26 bits per heavy atom. The minimum absolute atomic E-state index is 0.00508. The molecule has 1 rings (SSSR count). The van der Waals surface area contributed by atoms with Crippen LogP contribution in [-0.2, 0) is 0 Å². The van der Waals surface area contributed by atoms with E-state index < -0.39 is 17.4 Å². The van der Waals surface area contributed by atoms with Crippen molar-refractivity contribution in [1.82, 2.24) is 5.32 Å². The molecule has 0 aromatic heterocycles. The Morgan fingerprint density at radius 1 is 1.58 bits per heavy atom. The number of hydrogen-bond acceptors (Lipinski definition) is 3. The van der Waals surface area contributed by atoms with Crippen molar-refractivity contribution in [2.24, 2.45) is 0 Å². The first-order valence-corrected chi connectivity index (χ1v) is 7.32. The number of urea groups is 1. The van der Waals surface area contributed by atoms with E-state index in [2.05, 4.69) is 10.6 Å². The smallest absolute Gasteiger partial charge is 0.319 e. The molecule has 0 spiro atoms. The number of benzene rings is 1. The summed E-state index contributed by atoms with van der Waals surface area (Å²) in [7, 11) is 0. The van der Waals surface area contributed by atoms with Gasteiger partial charge in [0.25, 0.3) is 0 Å². The maximum Gasteiger partial charge on any atom is 0.319 e. The predicted molar refractivity (Wildman–Crippen MR) is 77.4 cm³/mol. The topological polar surface area (TPSA) is 61.4 Å². The maximum absolute atomic E-state index is 13.4. The molecule has 0 aliphatic heterocycles. The first-order valence-electron chi connectivity index (χ1n) is 5.55. The molecule has 1 unspecified atom stereocenters. The summed E-state index contributed by atoms with van der Waals surface area (Å²) in [6.45, 7) is 1.69. The van der Waals surface area contributed by atoms with Gasteiger partial charge in [-0.1, -0.05) is 11.6 Å². The summed E-state index contributed by atoms with van der Waals surface area (Å²) in [5.41, 5.74) is -1.02.